The van der Waals surface area contributed by atoms with E-state index in [0.717, 1.165) is 16.5 Å². The van der Waals surface area contributed by atoms with Crippen molar-refractivity contribution >= 4 is 22.6 Å². The predicted octanol–water partition coefficient (Wildman–Crippen LogP) is 3.70. The van der Waals surface area contributed by atoms with Crippen LogP contribution in [0.2, 0.25) is 5.02 Å². The van der Waals surface area contributed by atoms with Crippen LogP contribution in [0.25, 0.3) is 11.0 Å². The van der Waals surface area contributed by atoms with Crippen LogP contribution in [0.1, 0.15) is 31.1 Å². The fourth-order valence-corrected chi connectivity index (χ4v) is 1.94. The molecule has 15 heavy (non-hydrogen) atoms. The lowest BCUT2D eigenvalue weighted by molar-refractivity contribution is 0.251. The first-order valence-electron chi connectivity index (χ1n) is 4.94. The number of furan rings is 1. The Labute approximate surface area is 93.5 Å². The van der Waals surface area contributed by atoms with Gasteiger partial charge in [-0.15, -0.1) is 0 Å². The van der Waals surface area contributed by atoms with E-state index in [2.05, 4.69) is 13.8 Å². The highest BCUT2D eigenvalue weighted by Crippen LogP contribution is 2.31. The highest BCUT2D eigenvalue weighted by atomic mass is 35.5. The quantitative estimate of drug-likeness (QED) is 0.844. The molecule has 2 aromatic rings. The molecule has 0 atom stereocenters. The number of rotatable bonds is 2. The number of fused-ring (bicyclic) bond motifs is 1. The minimum atomic E-state index is -0.0795. The summed E-state index contributed by atoms with van der Waals surface area (Å²) in [4.78, 5) is 0. The number of hydrogen-bond acceptors (Lipinski definition) is 2. The van der Waals surface area contributed by atoms with E-state index < -0.39 is 0 Å². The molecular formula is C12H13ClO2. The van der Waals surface area contributed by atoms with Gasteiger partial charge >= 0.3 is 0 Å². The molecular weight excluding hydrogens is 212 g/mol. The van der Waals surface area contributed by atoms with Crippen LogP contribution in [0.4, 0.5) is 0 Å². The molecule has 80 valence electrons. The second kappa shape index (κ2) is 3.87. The lowest BCUT2D eigenvalue weighted by Gasteiger charge is -2.06. The zero-order chi connectivity index (χ0) is 11.0. The maximum absolute atomic E-state index is 9.01. The largest absolute Gasteiger partial charge is 0.458 e. The van der Waals surface area contributed by atoms with Crippen LogP contribution in [-0.2, 0) is 6.61 Å². The van der Waals surface area contributed by atoms with Crippen molar-refractivity contribution in [3.63, 3.8) is 0 Å². The van der Waals surface area contributed by atoms with E-state index >= 15 is 0 Å². The number of halogens is 1. The third-order valence-electron chi connectivity index (χ3n) is 2.44. The van der Waals surface area contributed by atoms with Gasteiger partial charge in [0.1, 0.15) is 18.0 Å². The van der Waals surface area contributed by atoms with Gasteiger partial charge in [0, 0.05) is 10.4 Å². The summed E-state index contributed by atoms with van der Waals surface area (Å²) in [6.45, 7) is 4.10. The monoisotopic (exact) mass is 224 g/mol. The summed E-state index contributed by atoms with van der Waals surface area (Å²) in [6.07, 6.45) is 0. The van der Waals surface area contributed by atoms with Crippen molar-refractivity contribution in [3.05, 3.63) is 34.5 Å². The van der Waals surface area contributed by atoms with Crippen LogP contribution >= 0.6 is 11.6 Å². The summed E-state index contributed by atoms with van der Waals surface area (Å²) >= 11 is 6.02. The standard InChI is InChI=1S/C12H13ClO2/c1-7(2)11-5-9(13)3-8-4-10(6-14)15-12(8)11/h3-5,7,14H,6H2,1-2H3. The summed E-state index contributed by atoms with van der Waals surface area (Å²) in [5, 5.41) is 10.7. The average Bonchev–Trinajstić information content (AvgIpc) is 2.58. The maximum Gasteiger partial charge on any atom is 0.137 e. The first-order valence-corrected chi connectivity index (χ1v) is 5.32. The smallest absolute Gasteiger partial charge is 0.137 e. The van der Waals surface area contributed by atoms with Crippen molar-refractivity contribution in [2.24, 2.45) is 0 Å². The van der Waals surface area contributed by atoms with Gasteiger partial charge in [-0.05, 0) is 29.7 Å². The van der Waals surface area contributed by atoms with Gasteiger partial charge in [0.2, 0.25) is 0 Å². The minimum absolute atomic E-state index is 0.0795. The number of benzene rings is 1. The summed E-state index contributed by atoms with van der Waals surface area (Å²) in [6, 6.07) is 5.59. The fourth-order valence-electron chi connectivity index (χ4n) is 1.70. The van der Waals surface area contributed by atoms with E-state index in [9.17, 15) is 0 Å². The highest BCUT2D eigenvalue weighted by molar-refractivity contribution is 6.31. The molecule has 1 aromatic carbocycles. The molecule has 3 heteroatoms. The summed E-state index contributed by atoms with van der Waals surface area (Å²) in [5.74, 6) is 0.929. The van der Waals surface area contributed by atoms with Crippen LogP contribution < -0.4 is 0 Å². The van der Waals surface area contributed by atoms with Crippen LogP contribution in [0, 0.1) is 0 Å². The van der Waals surface area contributed by atoms with Gasteiger partial charge in [0.05, 0.1) is 0 Å². The summed E-state index contributed by atoms with van der Waals surface area (Å²) in [7, 11) is 0. The molecule has 0 bridgehead atoms. The second-order valence-electron chi connectivity index (χ2n) is 3.94. The third kappa shape index (κ3) is 1.87. The van der Waals surface area contributed by atoms with Crippen LogP contribution in [0.3, 0.4) is 0 Å². The molecule has 0 spiro atoms. The molecule has 0 aliphatic rings. The lowest BCUT2D eigenvalue weighted by atomic mass is 10.0. The zero-order valence-corrected chi connectivity index (χ0v) is 9.51. The molecule has 0 radical (unpaired) electrons. The van der Waals surface area contributed by atoms with Crippen molar-refractivity contribution < 1.29 is 9.52 Å². The highest BCUT2D eigenvalue weighted by Gasteiger charge is 2.11. The van der Waals surface area contributed by atoms with Crippen molar-refractivity contribution in [1.82, 2.24) is 0 Å². The molecule has 0 unspecified atom stereocenters. The Bertz CT molecular complexity index is 486. The van der Waals surface area contributed by atoms with E-state index in [4.69, 9.17) is 21.1 Å². The first-order chi connectivity index (χ1) is 7.11. The first kappa shape index (κ1) is 10.5. The Morgan fingerprint density at radius 2 is 2.07 bits per heavy atom. The number of aliphatic hydroxyl groups is 1. The molecule has 1 aromatic heterocycles. The molecule has 0 aliphatic heterocycles. The maximum atomic E-state index is 9.01. The molecule has 0 saturated heterocycles. The van der Waals surface area contributed by atoms with Crippen LogP contribution in [-0.4, -0.2) is 5.11 Å². The Morgan fingerprint density at radius 3 is 2.67 bits per heavy atom. The molecule has 1 N–H and O–H groups in total. The molecule has 2 rings (SSSR count). The Balaban J connectivity index is 2.72. The topological polar surface area (TPSA) is 33.4 Å². The van der Waals surface area contributed by atoms with Crippen LogP contribution in [0.15, 0.2) is 22.6 Å². The van der Waals surface area contributed by atoms with Crippen molar-refractivity contribution in [2.45, 2.75) is 26.4 Å². The molecule has 1 heterocycles. The molecule has 0 fully saturated rings. The molecule has 0 aliphatic carbocycles. The van der Waals surface area contributed by atoms with E-state index in [-0.39, 0.29) is 6.61 Å². The third-order valence-corrected chi connectivity index (χ3v) is 2.66. The fraction of sp³-hybridized carbons (Fsp3) is 0.333. The van der Waals surface area contributed by atoms with Crippen LogP contribution in [0.5, 0.6) is 0 Å². The van der Waals surface area contributed by atoms with E-state index in [1.54, 1.807) is 0 Å². The Kier molecular flexibility index (Phi) is 2.72. The van der Waals surface area contributed by atoms with Crippen molar-refractivity contribution in [1.29, 1.82) is 0 Å². The second-order valence-corrected chi connectivity index (χ2v) is 4.38. The van der Waals surface area contributed by atoms with E-state index in [1.165, 1.54) is 0 Å². The zero-order valence-electron chi connectivity index (χ0n) is 8.75. The van der Waals surface area contributed by atoms with Gasteiger partial charge in [0.25, 0.3) is 0 Å². The van der Waals surface area contributed by atoms with Crippen molar-refractivity contribution in [2.75, 3.05) is 0 Å². The lowest BCUT2D eigenvalue weighted by Crippen LogP contribution is -1.87. The molecule has 0 saturated carbocycles. The molecule has 0 amide bonds. The van der Waals surface area contributed by atoms with Gasteiger partial charge in [-0.1, -0.05) is 25.4 Å². The molecule has 2 nitrogen and oxygen atoms in total. The summed E-state index contributed by atoms with van der Waals surface area (Å²) in [5.41, 5.74) is 1.91. The number of aliphatic hydroxyl groups excluding tert-OH is 1. The Morgan fingerprint density at radius 1 is 1.33 bits per heavy atom. The van der Waals surface area contributed by atoms with E-state index in [1.807, 2.05) is 18.2 Å². The SMILES string of the molecule is CC(C)c1cc(Cl)cc2cc(CO)oc12. The predicted molar refractivity (Wildman–Crippen MR) is 61.2 cm³/mol. The van der Waals surface area contributed by atoms with Gasteiger partial charge < -0.3 is 9.52 Å². The summed E-state index contributed by atoms with van der Waals surface area (Å²) < 4.78 is 5.56. The van der Waals surface area contributed by atoms with Gasteiger partial charge in [-0.2, -0.15) is 0 Å². The van der Waals surface area contributed by atoms with Gasteiger partial charge in [-0.25, -0.2) is 0 Å². The minimum Gasteiger partial charge on any atom is -0.458 e. The van der Waals surface area contributed by atoms with Crippen molar-refractivity contribution in [3.8, 4) is 0 Å². The normalized spacial score (nSPS) is 11.5. The van der Waals surface area contributed by atoms with Gasteiger partial charge in [0.15, 0.2) is 0 Å². The van der Waals surface area contributed by atoms with Gasteiger partial charge in [-0.3, -0.25) is 0 Å². The Hall–Kier alpha value is -0.990. The number of hydrogen-bond donors (Lipinski definition) is 1. The van der Waals surface area contributed by atoms with E-state index in [0.29, 0.717) is 16.7 Å². The average molecular weight is 225 g/mol.